The first-order valence-corrected chi connectivity index (χ1v) is 7.69. The van der Waals surface area contributed by atoms with Crippen LogP contribution in [0.15, 0.2) is 30.3 Å². The Kier molecular flexibility index (Phi) is 2.03. The normalized spacial score (nSPS) is 22.3. The first kappa shape index (κ1) is 9.05. The standard InChI is InChI=1S/C10H13N2PS/c14-13(11-6-7-11,12-8-9-12)10-4-2-1-3-5-10/h1-5H,6-9H2. The number of hydrogen-bond donors (Lipinski definition) is 0. The molecule has 2 nitrogen and oxygen atoms in total. The van der Waals surface area contributed by atoms with Crippen molar-refractivity contribution in [2.75, 3.05) is 26.2 Å². The molecule has 0 saturated carbocycles. The van der Waals surface area contributed by atoms with Gasteiger partial charge in [0.2, 0.25) is 0 Å². The fourth-order valence-corrected chi connectivity index (χ4v) is 5.94. The predicted molar refractivity (Wildman–Crippen MR) is 63.5 cm³/mol. The Balaban J connectivity index is 2.03. The van der Waals surface area contributed by atoms with E-state index >= 15 is 0 Å². The minimum absolute atomic E-state index is 1.20. The summed E-state index contributed by atoms with van der Waals surface area (Å²) < 4.78 is 4.93. The predicted octanol–water partition coefficient (Wildman–Crippen LogP) is 1.25. The van der Waals surface area contributed by atoms with Crippen molar-refractivity contribution in [1.82, 2.24) is 9.34 Å². The molecule has 0 spiro atoms. The van der Waals surface area contributed by atoms with Crippen LogP contribution in [-0.2, 0) is 11.8 Å². The van der Waals surface area contributed by atoms with Gasteiger partial charge in [0.1, 0.15) is 6.34 Å². The third-order valence-corrected chi connectivity index (χ3v) is 8.03. The van der Waals surface area contributed by atoms with Crippen LogP contribution in [0.25, 0.3) is 0 Å². The fourth-order valence-electron chi connectivity index (χ4n) is 1.76. The molecule has 0 bridgehead atoms. The summed E-state index contributed by atoms with van der Waals surface area (Å²) in [5.41, 5.74) is 0. The van der Waals surface area contributed by atoms with E-state index in [-0.39, 0.29) is 0 Å². The quantitative estimate of drug-likeness (QED) is 0.563. The molecule has 0 unspecified atom stereocenters. The van der Waals surface area contributed by atoms with E-state index in [1.807, 2.05) is 0 Å². The molecule has 0 amide bonds. The molecule has 3 rings (SSSR count). The molecule has 74 valence electrons. The fraction of sp³-hybridized carbons (Fsp3) is 0.400. The molecule has 2 aliphatic rings. The Bertz CT molecular complexity index is 368. The van der Waals surface area contributed by atoms with Gasteiger partial charge in [-0.05, 0) is 0 Å². The van der Waals surface area contributed by atoms with Gasteiger partial charge < -0.3 is 0 Å². The number of rotatable bonds is 3. The van der Waals surface area contributed by atoms with E-state index in [0.29, 0.717) is 0 Å². The van der Waals surface area contributed by atoms with Crippen LogP contribution < -0.4 is 5.30 Å². The summed E-state index contributed by atoms with van der Waals surface area (Å²) in [6.07, 6.45) is -1.49. The van der Waals surface area contributed by atoms with Gasteiger partial charge in [-0.1, -0.05) is 42.1 Å². The molecule has 1 aromatic rings. The Hall–Kier alpha value is -0.210. The molecule has 1 aromatic carbocycles. The van der Waals surface area contributed by atoms with Gasteiger partial charge in [-0.15, -0.1) is 0 Å². The van der Waals surface area contributed by atoms with Crippen molar-refractivity contribution in [3.05, 3.63) is 30.3 Å². The molecule has 0 aliphatic carbocycles. The SMILES string of the molecule is S=P(c1ccccc1)(N1CC1)N1CC1. The first-order valence-electron chi connectivity index (χ1n) is 4.98. The van der Waals surface area contributed by atoms with Gasteiger partial charge in [-0.25, -0.2) is 0 Å². The zero-order valence-corrected chi connectivity index (χ0v) is 9.68. The van der Waals surface area contributed by atoms with Gasteiger partial charge in [-0.2, -0.15) is 0 Å². The van der Waals surface area contributed by atoms with E-state index in [4.69, 9.17) is 11.8 Å². The number of nitrogens with zero attached hydrogens (tertiary/aromatic N) is 2. The Labute approximate surface area is 89.6 Å². The summed E-state index contributed by atoms with van der Waals surface area (Å²) >= 11 is 5.90. The topological polar surface area (TPSA) is 6.02 Å². The molecule has 0 N–H and O–H groups in total. The molecule has 0 radical (unpaired) electrons. The zero-order valence-electron chi connectivity index (χ0n) is 7.97. The third-order valence-electron chi connectivity index (χ3n) is 2.71. The van der Waals surface area contributed by atoms with Crippen LogP contribution in [0.4, 0.5) is 0 Å². The lowest BCUT2D eigenvalue weighted by Crippen LogP contribution is -2.16. The highest BCUT2D eigenvalue weighted by molar-refractivity contribution is 8.16. The molecule has 0 aromatic heterocycles. The molecular formula is C10H13N2PS. The van der Waals surface area contributed by atoms with Crippen LogP contribution in [0.2, 0.25) is 0 Å². The second-order valence-corrected chi connectivity index (χ2v) is 8.05. The van der Waals surface area contributed by atoms with Gasteiger partial charge in [-0.3, -0.25) is 9.34 Å². The lowest BCUT2D eigenvalue weighted by Gasteiger charge is -2.24. The minimum Gasteiger partial charge on any atom is -0.258 e. The Morgan fingerprint density at radius 3 is 1.86 bits per heavy atom. The van der Waals surface area contributed by atoms with Crippen LogP contribution in [-0.4, -0.2) is 35.5 Å². The van der Waals surface area contributed by atoms with Crippen LogP contribution in [0.3, 0.4) is 0 Å². The van der Waals surface area contributed by atoms with E-state index in [9.17, 15) is 0 Å². The van der Waals surface area contributed by atoms with E-state index < -0.39 is 6.34 Å². The third kappa shape index (κ3) is 1.36. The van der Waals surface area contributed by atoms with Crippen molar-refractivity contribution in [1.29, 1.82) is 0 Å². The summed E-state index contributed by atoms with van der Waals surface area (Å²) in [7, 11) is 0. The van der Waals surface area contributed by atoms with Gasteiger partial charge >= 0.3 is 0 Å². The summed E-state index contributed by atoms with van der Waals surface area (Å²) in [6.45, 7) is 4.79. The Morgan fingerprint density at radius 1 is 0.929 bits per heavy atom. The average molecular weight is 224 g/mol. The molecule has 2 aliphatic heterocycles. The zero-order chi connectivity index (χ0) is 9.60. The van der Waals surface area contributed by atoms with E-state index in [2.05, 4.69) is 39.7 Å². The van der Waals surface area contributed by atoms with Gasteiger partial charge in [0.05, 0.1) is 0 Å². The summed E-state index contributed by atoms with van der Waals surface area (Å²) in [5, 5.41) is 1.37. The van der Waals surface area contributed by atoms with E-state index in [1.54, 1.807) is 0 Å². The monoisotopic (exact) mass is 224 g/mol. The van der Waals surface area contributed by atoms with Crippen LogP contribution in [0, 0.1) is 0 Å². The van der Waals surface area contributed by atoms with Crippen molar-refractivity contribution in [2.24, 2.45) is 0 Å². The average Bonchev–Trinajstić information content (AvgIpc) is 3.06. The molecule has 0 atom stereocenters. The van der Waals surface area contributed by atoms with Gasteiger partial charge in [0.15, 0.2) is 0 Å². The molecule has 2 heterocycles. The van der Waals surface area contributed by atoms with E-state index in [1.165, 1.54) is 31.5 Å². The molecule has 14 heavy (non-hydrogen) atoms. The minimum atomic E-state index is -1.49. The summed E-state index contributed by atoms with van der Waals surface area (Å²) in [6, 6.07) is 10.6. The van der Waals surface area contributed by atoms with Crippen molar-refractivity contribution in [3.63, 3.8) is 0 Å². The maximum atomic E-state index is 5.90. The van der Waals surface area contributed by atoms with Crippen molar-refractivity contribution in [3.8, 4) is 0 Å². The lowest BCUT2D eigenvalue weighted by atomic mass is 10.4. The number of hydrogen-bond acceptors (Lipinski definition) is 1. The maximum absolute atomic E-state index is 5.90. The van der Waals surface area contributed by atoms with Crippen molar-refractivity contribution in [2.45, 2.75) is 0 Å². The highest BCUT2D eigenvalue weighted by atomic mass is 32.4. The smallest absolute Gasteiger partial charge is 0.107 e. The second-order valence-electron chi connectivity index (χ2n) is 3.79. The second kappa shape index (κ2) is 3.14. The van der Waals surface area contributed by atoms with Crippen LogP contribution in [0.1, 0.15) is 0 Å². The van der Waals surface area contributed by atoms with Gasteiger partial charge in [0, 0.05) is 31.5 Å². The molecule has 2 saturated heterocycles. The molecule has 4 heteroatoms. The van der Waals surface area contributed by atoms with Crippen molar-refractivity contribution < 1.29 is 0 Å². The van der Waals surface area contributed by atoms with Gasteiger partial charge in [0.25, 0.3) is 0 Å². The lowest BCUT2D eigenvalue weighted by molar-refractivity contribution is 0.807. The highest BCUT2D eigenvalue weighted by Gasteiger charge is 2.44. The van der Waals surface area contributed by atoms with E-state index in [0.717, 1.165) is 0 Å². The maximum Gasteiger partial charge on any atom is 0.107 e. The summed E-state index contributed by atoms with van der Waals surface area (Å²) in [5.74, 6) is 0. The van der Waals surface area contributed by atoms with Crippen molar-refractivity contribution >= 4 is 23.5 Å². The largest absolute Gasteiger partial charge is 0.258 e. The highest BCUT2D eigenvalue weighted by Crippen LogP contribution is 2.59. The molecule has 2 fully saturated rings. The first-order chi connectivity index (χ1) is 6.82. The Morgan fingerprint density at radius 2 is 1.43 bits per heavy atom. The molecular weight excluding hydrogens is 211 g/mol. The van der Waals surface area contributed by atoms with Crippen LogP contribution in [0.5, 0.6) is 0 Å². The van der Waals surface area contributed by atoms with Crippen LogP contribution >= 0.6 is 6.34 Å². The summed E-state index contributed by atoms with van der Waals surface area (Å²) in [4.78, 5) is 0. The number of benzene rings is 1.